The van der Waals surface area contributed by atoms with Crippen LogP contribution in [-0.2, 0) is 9.47 Å². The number of rotatable bonds is 5. The lowest BCUT2D eigenvalue weighted by Crippen LogP contribution is -2.09. The van der Waals surface area contributed by atoms with E-state index in [1.807, 2.05) is 6.92 Å². The summed E-state index contributed by atoms with van der Waals surface area (Å²) in [6.45, 7) is 7.99. The summed E-state index contributed by atoms with van der Waals surface area (Å²) >= 11 is 11.4. The van der Waals surface area contributed by atoms with E-state index in [4.69, 9.17) is 32.7 Å². The van der Waals surface area contributed by atoms with E-state index in [9.17, 15) is 13.6 Å². The van der Waals surface area contributed by atoms with E-state index >= 15 is 0 Å². The fraction of sp³-hybridized carbons (Fsp3) is 0.174. The first-order valence-electron chi connectivity index (χ1n) is 9.98. The predicted octanol–water partition coefficient (Wildman–Crippen LogP) is 6.03. The number of aromatic nitrogens is 4. The van der Waals surface area contributed by atoms with Gasteiger partial charge >= 0.3 is 5.97 Å². The minimum absolute atomic E-state index is 0.0407. The molecular weight excluding hydrogens is 489 g/mol. The second kappa shape index (κ2) is 11.1. The van der Waals surface area contributed by atoms with Crippen LogP contribution in [0.15, 0.2) is 43.0 Å². The van der Waals surface area contributed by atoms with Gasteiger partial charge in [-0.15, -0.1) is 0 Å². The smallest absolute Gasteiger partial charge is 0.357 e. The van der Waals surface area contributed by atoms with Crippen molar-refractivity contribution in [1.82, 2.24) is 19.9 Å². The Hall–Kier alpha value is -3.43. The van der Waals surface area contributed by atoms with Crippen molar-refractivity contribution < 1.29 is 23.0 Å². The summed E-state index contributed by atoms with van der Waals surface area (Å²) in [5, 5.41) is 0.994. The molecule has 0 saturated heterocycles. The highest BCUT2D eigenvalue weighted by Crippen LogP contribution is 2.24. The van der Waals surface area contributed by atoms with E-state index < -0.39 is 11.8 Å². The van der Waals surface area contributed by atoms with Crippen LogP contribution in [0.2, 0.25) is 10.6 Å². The number of carbonyl (C=O) groups is 1. The number of nitrogens with zero attached hydrogens (tertiary/aromatic N) is 4. The Morgan fingerprint density at radius 1 is 0.824 bits per heavy atom. The number of esters is 1. The molecule has 176 valence electrons. The lowest BCUT2D eigenvalue weighted by atomic mass is 10.1. The fourth-order valence-electron chi connectivity index (χ4n) is 2.96. The molecule has 2 heterocycles. The Labute approximate surface area is 203 Å². The predicted molar refractivity (Wildman–Crippen MR) is 126 cm³/mol. The second-order valence-corrected chi connectivity index (χ2v) is 7.26. The topological polar surface area (TPSA) is 87.1 Å². The minimum Gasteiger partial charge on any atom is -0.492 e. The van der Waals surface area contributed by atoms with Gasteiger partial charge in [-0.1, -0.05) is 6.58 Å². The molecule has 4 aromatic rings. The van der Waals surface area contributed by atoms with Gasteiger partial charge in [-0.25, -0.2) is 33.5 Å². The lowest BCUT2D eigenvalue weighted by molar-refractivity contribution is 0.0522. The summed E-state index contributed by atoms with van der Waals surface area (Å²) in [5.41, 5.74) is 1.23. The molecule has 0 radical (unpaired) electrons. The highest BCUT2D eigenvalue weighted by molar-refractivity contribution is 6.29. The Balaban J connectivity index is 0.000000191. The molecule has 2 aromatic heterocycles. The molecule has 4 rings (SSSR count). The largest absolute Gasteiger partial charge is 0.492 e. The average Bonchev–Trinajstić information content (AvgIpc) is 2.78. The second-order valence-electron chi connectivity index (χ2n) is 6.58. The van der Waals surface area contributed by atoms with Crippen LogP contribution in [0.5, 0.6) is 0 Å². The molecule has 34 heavy (non-hydrogen) atoms. The van der Waals surface area contributed by atoms with Crippen molar-refractivity contribution in [3.63, 3.8) is 0 Å². The zero-order valence-electron chi connectivity index (χ0n) is 18.1. The molecule has 0 aliphatic rings. The third-order valence-corrected chi connectivity index (χ3v) is 4.65. The molecule has 2 aromatic carbocycles. The molecule has 0 saturated carbocycles. The summed E-state index contributed by atoms with van der Waals surface area (Å²) in [6.07, 6.45) is 0. The monoisotopic (exact) mass is 506 g/mol. The Morgan fingerprint density at radius 3 is 1.79 bits per heavy atom. The minimum atomic E-state index is -0.603. The molecule has 0 spiro atoms. The van der Waals surface area contributed by atoms with Crippen molar-refractivity contribution in [2.24, 2.45) is 0 Å². The SMILES string of the molecule is C=C(OCC)c1nc(Cl)nc2cc(F)ccc12.CCOC(=O)c1nc(Cl)nc2cc(F)ccc12. The Morgan fingerprint density at radius 2 is 1.29 bits per heavy atom. The molecule has 0 fully saturated rings. The van der Waals surface area contributed by atoms with Crippen molar-refractivity contribution in [3.05, 3.63) is 76.6 Å². The summed E-state index contributed by atoms with van der Waals surface area (Å²) in [4.78, 5) is 27.3. The van der Waals surface area contributed by atoms with Gasteiger partial charge in [0.05, 0.1) is 24.2 Å². The van der Waals surface area contributed by atoms with Crippen LogP contribution in [0, 0.1) is 11.6 Å². The van der Waals surface area contributed by atoms with Crippen LogP contribution in [0.4, 0.5) is 8.78 Å². The number of halogens is 4. The van der Waals surface area contributed by atoms with Gasteiger partial charge in [0.15, 0.2) is 5.69 Å². The van der Waals surface area contributed by atoms with Gasteiger partial charge in [0, 0.05) is 22.9 Å². The molecule has 0 N–H and O–H groups in total. The Bertz CT molecular complexity index is 1270. The number of carbonyl (C=O) groups excluding carboxylic acids is 1. The maximum Gasteiger partial charge on any atom is 0.357 e. The summed E-state index contributed by atoms with van der Waals surface area (Å²) < 4.78 is 36.2. The van der Waals surface area contributed by atoms with Crippen molar-refractivity contribution in [3.8, 4) is 0 Å². The molecule has 0 amide bonds. The number of hydrogen-bond donors (Lipinski definition) is 0. The van der Waals surface area contributed by atoms with Gasteiger partial charge in [-0.05, 0) is 61.3 Å². The standard InChI is InChI=1S/C12H10ClFN2O.C11H8ClFN2O2/c1-3-17-7(2)11-9-5-4-8(14)6-10(9)15-12(13)16-11;1-2-17-10(16)9-7-4-3-6(13)5-8(7)14-11(12)15-9/h4-6H,2-3H2,1H3;3-5H,2H2,1H3. The van der Waals surface area contributed by atoms with Gasteiger partial charge in [0.2, 0.25) is 10.6 Å². The highest BCUT2D eigenvalue weighted by Gasteiger charge is 2.16. The number of fused-ring (bicyclic) bond motifs is 2. The van der Waals surface area contributed by atoms with Gasteiger partial charge in [-0.2, -0.15) is 0 Å². The molecule has 0 unspecified atom stereocenters. The van der Waals surface area contributed by atoms with Gasteiger partial charge < -0.3 is 9.47 Å². The van der Waals surface area contributed by atoms with Crippen LogP contribution in [0.3, 0.4) is 0 Å². The van der Waals surface area contributed by atoms with Crippen molar-refractivity contribution in [2.75, 3.05) is 13.2 Å². The maximum atomic E-state index is 13.1. The first-order valence-corrected chi connectivity index (χ1v) is 10.7. The van der Waals surface area contributed by atoms with E-state index in [0.717, 1.165) is 0 Å². The summed E-state index contributed by atoms with van der Waals surface area (Å²) in [7, 11) is 0. The zero-order chi connectivity index (χ0) is 24.8. The van der Waals surface area contributed by atoms with Gasteiger partial charge in [-0.3, -0.25) is 0 Å². The number of benzene rings is 2. The third-order valence-electron chi connectivity index (χ3n) is 4.31. The summed E-state index contributed by atoms with van der Waals surface area (Å²) in [6, 6.07) is 8.05. The van der Waals surface area contributed by atoms with E-state index in [1.165, 1.54) is 30.3 Å². The highest BCUT2D eigenvalue weighted by atomic mass is 35.5. The molecule has 0 aliphatic heterocycles. The number of ether oxygens (including phenoxy) is 2. The van der Waals surface area contributed by atoms with Gasteiger partial charge in [0.1, 0.15) is 23.1 Å². The molecule has 11 heteroatoms. The lowest BCUT2D eigenvalue weighted by Gasteiger charge is -2.09. The first kappa shape index (κ1) is 25.2. The van der Waals surface area contributed by atoms with E-state index in [1.54, 1.807) is 13.0 Å². The molecule has 0 bridgehead atoms. The molecule has 7 nitrogen and oxygen atoms in total. The van der Waals surface area contributed by atoms with E-state index in [2.05, 4.69) is 26.5 Å². The molecule has 0 atom stereocenters. The Kier molecular flexibility index (Phi) is 8.25. The number of hydrogen-bond acceptors (Lipinski definition) is 7. The van der Waals surface area contributed by atoms with Crippen LogP contribution in [-0.4, -0.2) is 39.1 Å². The van der Waals surface area contributed by atoms with Crippen LogP contribution < -0.4 is 0 Å². The van der Waals surface area contributed by atoms with Gasteiger partial charge in [0.25, 0.3) is 0 Å². The van der Waals surface area contributed by atoms with Crippen molar-refractivity contribution in [2.45, 2.75) is 13.8 Å². The van der Waals surface area contributed by atoms with Crippen LogP contribution >= 0.6 is 23.2 Å². The van der Waals surface area contributed by atoms with E-state index in [0.29, 0.717) is 34.3 Å². The molecule has 0 aliphatic carbocycles. The van der Waals surface area contributed by atoms with Crippen molar-refractivity contribution in [1.29, 1.82) is 0 Å². The van der Waals surface area contributed by atoms with Crippen LogP contribution in [0.1, 0.15) is 30.0 Å². The van der Waals surface area contributed by atoms with Crippen LogP contribution in [0.25, 0.3) is 27.6 Å². The normalized spacial score (nSPS) is 10.5. The summed E-state index contributed by atoms with van der Waals surface area (Å²) in [5.74, 6) is -1.04. The van der Waals surface area contributed by atoms with Crippen molar-refractivity contribution >= 4 is 56.7 Å². The third kappa shape index (κ3) is 5.92. The first-order chi connectivity index (χ1) is 16.2. The maximum absolute atomic E-state index is 13.1. The molecular formula is C23H18Cl2F2N4O3. The zero-order valence-corrected chi connectivity index (χ0v) is 19.6. The average molecular weight is 507 g/mol. The fourth-order valence-corrected chi connectivity index (χ4v) is 3.31. The van der Waals surface area contributed by atoms with E-state index in [-0.39, 0.29) is 34.2 Å². The quantitative estimate of drug-likeness (QED) is 0.185.